The zero-order chi connectivity index (χ0) is 26.1. The molecule has 0 spiro atoms. The van der Waals surface area contributed by atoms with E-state index in [1.807, 2.05) is 0 Å². The topological polar surface area (TPSA) is 72.8 Å². The number of halogens is 13. The smallest absolute Gasteiger partial charge is 0.460 e. The Balaban J connectivity index is 6.62. The van der Waals surface area contributed by atoms with Gasteiger partial charge in [-0.15, -0.1) is 0 Å². The summed E-state index contributed by atoms with van der Waals surface area (Å²) in [6.45, 7) is 0.283. The number of aliphatic hydroxyl groups is 1. The lowest BCUT2D eigenvalue weighted by atomic mass is 9.87. The van der Waals surface area contributed by atoms with Crippen LogP contribution in [0.2, 0.25) is 0 Å². The Morgan fingerprint density at radius 3 is 1.25 bits per heavy atom. The minimum absolute atomic E-state index is 0.796. The average Bonchev–Trinajstić information content (AvgIpc) is 2.60. The van der Waals surface area contributed by atoms with E-state index < -0.39 is 73.0 Å². The highest BCUT2D eigenvalue weighted by atomic mass is 19.4. The second kappa shape index (κ2) is 9.09. The van der Waals surface area contributed by atoms with E-state index in [1.54, 1.807) is 0 Å². The van der Waals surface area contributed by atoms with Gasteiger partial charge in [0, 0.05) is 0 Å². The maximum atomic E-state index is 14.0. The molecule has 0 aromatic carbocycles. The van der Waals surface area contributed by atoms with E-state index in [-0.39, 0.29) is 0 Å². The molecule has 0 aromatic heterocycles. The van der Waals surface area contributed by atoms with Gasteiger partial charge in [-0.2, -0.15) is 57.1 Å². The van der Waals surface area contributed by atoms with Crippen molar-refractivity contribution in [2.45, 2.75) is 55.7 Å². The van der Waals surface area contributed by atoms with Crippen molar-refractivity contribution in [1.82, 2.24) is 0 Å². The molecule has 0 saturated carbocycles. The molecule has 5 nitrogen and oxygen atoms in total. The summed E-state index contributed by atoms with van der Waals surface area (Å²) in [4.78, 5) is 23.1. The Morgan fingerprint density at radius 2 is 0.969 bits per heavy atom. The van der Waals surface area contributed by atoms with Crippen molar-refractivity contribution in [3.63, 3.8) is 0 Å². The van der Waals surface area contributed by atoms with Crippen molar-refractivity contribution in [2.75, 3.05) is 13.2 Å². The van der Waals surface area contributed by atoms with Gasteiger partial charge in [0.1, 0.15) is 6.10 Å². The lowest BCUT2D eigenvalue weighted by Gasteiger charge is -2.41. The van der Waals surface area contributed by atoms with E-state index in [0.717, 1.165) is 13.8 Å². The summed E-state index contributed by atoms with van der Waals surface area (Å²) in [5.41, 5.74) is 0. The van der Waals surface area contributed by atoms with Crippen LogP contribution in [0.1, 0.15) is 13.8 Å². The quantitative estimate of drug-likeness (QED) is 0.276. The molecule has 0 radical (unpaired) electrons. The molecule has 32 heavy (non-hydrogen) atoms. The van der Waals surface area contributed by atoms with Gasteiger partial charge in [-0.1, -0.05) is 0 Å². The minimum Gasteiger partial charge on any atom is -0.465 e. The van der Waals surface area contributed by atoms with E-state index in [0.29, 0.717) is 0 Å². The molecule has 0 aromatic rings. The number of alkyl halides is 13. The summed E-state index contributed by atoms with van der Waals surface area (Å²) in [6.07, 6.45) is -12.3. The zero-order valence-corrected chi connectivity index (χ0v) is 15.6. The molecular weight excluding hydrogens is 495 g/mol. The van der Waals surface area contributed by atoms with E-state index in [4.69, 9.17) is 0 Å². The Hall–Kier alpha value is -2.01. The second-order valence-corrected chi connectivity index (χ2v) is 5.84. The largest absolute Gasteiger partial charge is 0.465 e. The molecule has 18 heteroatoms. The fourth-order valence-corrected chi connectivity index (χ4v) is 1.99. The third-order valence-electron chi connectivity index (χ3n) is 3.73. The van der Waals surface area contributed by atoms with Gasteiger partial charge in [-0.25, -0.2) is 0 Å². The van der Waals surface area contributed by atoms with Crippen LogP contribution in [0.25, 0.3) is 0 Å². The van der Waals surface area contributed by atoms with Gasteiger partial charge in [0.05, 0.1) is 13.2 Å². The normalized spacial score (nSPS) is 15.5. The van der Waals surface area contributed by atoms with Gasteiger partial charge >= 0.3 is 47.7 Å². The number of carbonyl (C=O) groups excluding carboxylic acids is 2. The molecule has 0 aliphatic carbocycles. The summed E-state index contributed by atoms with van der Waals surface area (Å²) in [6, 6.07) is 0. The summed E-state index contributed by atoms with van der Waals surface area (Å²) in [5.74, 6) is -47.6. The van der Waals surface area contributed by atoms with E-state index in [1.165, 1.54) is 0 Å². The fourth-order valence-electron chi connectivity index (χ4n) is 1.99. The number of ether oxygens (including phenoxy) is 2. The van der Waals surface area contributed by atoms with Gasteiger partial charge in [-0.3, -0.25) is 9.59 Å². The predicted octanol–water partition coefficient (Wildman–Crippen LogP) is 3.83. The first-order valence-electron chi connectivity index (χ1n) is 7.97. The number of rotatable bonds is 10. The minimum atomic E-state index is -8.20. The number of aliphatic hydroxyl groups excluding tert-OH is 1. The summed E-state index contributed by atoms with van der Waals surface area (Å²) in [7, 11) is 0. The molecule has 0 fully saturated rings. The molecule has 1 N–H and O–H groups in total. The number of hydrogen-bond acceptors (Lipinski definition) is 5. The monoisotopic (exact) mass is 508 g/mol. The van der Waals surface area contributed by atoms with E-state index in [2.05, 4.69) is 9.47 Å². The molecule has 1 unspecified atom stereocenters. The highest BCUT2D eigenvalue weighted by molar-refractivity contribution is 5.95. The van der Waals surface area contributed by atoms with Crippen molar-refractivity contribution >= 4 is 11.9 Å². The van der Waals surface area contributed by atoms with Crippen molar-refractivity contribution < 1.29 is 81.2 Å². The first kappa shape index (κ1) is 30.0. The summed E-state index contributed by atoms with van der Waals surface area (Å²) in [5, 5.41) is 9.34. The Kier molecular flexibility index (Phi) is 8.52. The summed E-state index contributed by atoms with van der Waals surface area (Å²) >= 11 is 0. The first-order chi connectivity index (χ1) is 14.0. The standard InChI is InChI=1S/C14H13F13O5/c1-3-31-7(29)5(8(30)32-4-2)6(28)9(15,16)10(17,18)11(19,20)12(21,22)13(23,24)14(25,26)27/h5-6,28H,3-4H2,1-2H3. The van der Waals surface area contributed by atoms with Gasteiger partial charge in [-0.05, 0) is 13.8 Å². The molecule has 0 rings (SSSR count). The van der Waals surface area contributed by atoms with Gasteiger partial charge < -0.3 is 14.6 Å². The van der Waals surface area contributed by atoms with Crippen LogP contribution in [0.4, 0.5) is 57.1 Å². The van der Waals surface area contributed by atoms with Crippen LogP contribution in [0, 0.1) is 5.92 Å². The molecule has 0 bridgehead atoms. The number of esters is 2. The number of hydrogen-bond donors (Lipinski definition) is 1. The molecule has 0 aliphatic heterocycles. The maximum absolute atomic E-state index is 14.0. The van der Waals surface area contributed by atoms with Crippen molar-refractivity contribution in [3.05, 3.63) is 0 Å². The van der Waals surface area contributed by atoms with Crippen LogP contribution in [0.15, 0.2) is 0 Å². The molecule has 0 amide bonds. The van der Waals surface area contributed by atoms with Gasteiger partial charge in [0.15, 0.2) is 5.92 Å². The SMILES string of the molecule is CCOC(=O)C(C(=O)OCC)C(O)C(F)(F)C(F)(F)C(F)(F)C(F)(F)C(F)(F)C(F)(F)F. The Morgan fingerprint density at radius 1 is 0.656 bits per heavy atom. The third kappa shape index (κ3) is 4.54. The van der Waals surface area contributed by atoms with Crippen LogP contribution in [0.3, 0.4) is 0 Å². The molecule has 0 heterocycles. The highest BCUT2D eigenvalue weighted by Gasteiger charge is 2.91. The van der Waals surface area contributed by atoms with Crippen LogP contribution < -0.4 is 0 Å². The molecular formula is C14H13F13O5. The van der Waals surface area contributed by atoms with Crippen molar-refractivity contribution in [2.24, 2.45) is 5.92 Å². The van der Waals surface area contributed by atoms with E-state index in [9.17, 15) is 71.8 Å². The highest BCUT2D eigenvalue weighted by Crippen LogP contribution is 2.61. The van der Waals surface area contributed by atoms with Crippen molar-refractivity contribution in [3.8, 4) is 0 Å². The Bertz CT molecular complexity index is 671. The zero-order valence-electron chi connectivity index (χ0n) is 15.6. The van der Waals surface area contributed by atoms with Gasteiger partial charge in [0.2, 0.25) is 0 Å². The van der Waals surface area contributed by atoms with Crippen molar-refractivity contribution in [1.29, 1.82) is 0 Å². The first-order valence-corrected chi connectivity index (χ1v) is 7.97. The lowest BCUT2D eigenvalue weighted by Crippen LogP contribution is -2.72. The predicted molar refractivity (Wildman–Crippen MR) is 73.6 cm³/mol. The molecule has 190 valence electrons. The maximum Gasteiger partial charge on any atom is 0.460 e. The average molecular weight is 508 g/mol. The summed E-state index contributed by atoms with van der Waals surface area (Å²) < 4.78 is 179. The van der Waals surface area contributed by atoms with Gasteiger partial charge in [0.25, 0.3) is 0 Å². The molecule has 1 atom stereocenters. The Labute approximate surface area is 169 Å². The number of carbonyl (C=O) groups is 2. The third-order valence-corrected chi connectivity index (χ3v) is 3.73. The van der Waals surface area contributed by atoms with Crippen LogP contribution >= 0.6 is 0 Å². The molecule has 0 saturated heterocycles. The second-order valence-electron chi connectivity index (χ2n) is 5.84. The van der Waals surface area contributed by atoms with E-state index >= 15 is 0 Å². The molecule has 0 aliphatic rings. The van der Waals surface area contributed by atoms with Crippen LogP contribution in [-0.2, 0) is 19.1 Å². The van der Waals surface area contributed by atoms with Crippen LogP contribution in [-0.4, -0.2) is 72.2 Å². The lowest BCUT2D eigenvalue weighted by molar-refractivity contribution is -0.444. The fraction of sp³-hybridized carbons (Fsp3) is 0.857. The van der Waals surface area contributed by atoms with Crippen LogP contribution in [0.5, 0.6) is 0 Å².